The van der Waals surface area contributed by atoms with Crippen LogP contribution in [0.2, 0.25) is 0 Å². The number of nitrogens with zero attached hydrogens (tertiary/aromatic N) is 1. The first-order valence-corrected chi connectivity index (χ1v) is 7.93. The molecule has 0 spiro atoms. The van der Waals surface area contributed by atoms with E-state index >= 15 is 0 Å². The van der Waals surface area contributed by atoms with Crippen LogP contribution in [0.3, 0.4) is 0 Å². The summed E-state index contributed by atoms with van der Waals surface area (Å²) in [5.74, 6) is 7.83. The topological polar surface area (TPSA) is 33.0 Å². The normalized spacial score (nSPS) is 21.0. The van der Waals surface area contributed by atoms with Crippen LogP contribution in [0.1, 0.15) is 44.6 Å². The molecule has 2 nitrogen and oxygen atoms in total. The summed E-state index contributed by atoms with van der Waals surface area (Å²) in [5, 5.41) is 8.48. The lowest BCUT2D eigenvalue weighted by Crippen LogP contribution is -2.14. The summed E-state index contributed by atoms with van der Waals surface area (Å²) >= 11 is 0. The molecule has 2 rings (SSSR count). The van der Waals surface area contributed by atoms with E-state index in [2.05, 4.69) is 36.1 Å². The van der Waals surface area contributed by atoms with E-state index in [4.69, 9.17) is 10.00 Å². The first-order chi connectivity index (χ1) is 10.3. The van der Waals surface area contributed by atoms with E-state index in [1.165, 1.54) is 24.8 Å². The molecular formula is C19H23NO. The Morgan fingerprint density at radius 1 is 1.14 bits per heavy atom. The Balaban J connectivity index is 1.73. The Hall–Kier alpha value is -1.93. The molecule has 0 atom stereocenters. The van der Waals surface area contributed by atoms with E-state index in [9.17, 15) is 0 Å². The average molecular weight is 281 g/mol. The van der Waals surface area contributed by atoms with Crippen molar-refractivity contribution in [3.63, 3.8) is 0 Å². The molecule has 110 valence electrons. The van der Waals surface area contributed by atoms with Crippen molar-refractivity contribution >= 4 is 0 Å². The van der Waals surface area contributed by atoms with E-state index < -0.39 is 0 Å². The Morgan fingerprint density at radius 2 is 1.86 bits per heavy atom. The van der Waals surface area contributed by atoms with Crippen molar-refractivity contribution in [2.75, 3.05) is 6.61 Å². The van der Waals surface area contributed by atoms with E-state index in [-0.39, 0.29) is 0 Å². The fraction of sp³-hybridized carbons (Fsp3) is 0.526. The minimum Gasteiger partial charge on any atom is -0.494 e. The second kappa shape index (κ2) is 8.38. The van der Waals surface area contributed by atoms with Gasteiger partial charge in [0.1, 0.15) is 5.75 Å². The van der Waals surface area contributed by atoms with Gasteiger partial charge in [0.15, 0.2) is 6.07 Å². The molecule has 1 aliphatic rings. The number of benzene rings is 1. The quantitative estimate of drug-likeness (QED) is 0.752. The van der Waals surface area contributed by atoms with Crippen molar-refractivity contribution in [2.24, 2.45) is 11.8 Å². The predicted molar refractivity (Wildman–Crippen MR) is 84.8 cm³/mol. The van der Waals surface area contributed by atoms with Gasteiger partial charge in [0, 0.05) is 11.8 Å². The van der Waals surface area contributed by atoms with E-state index in [1.807, 2.05) is 13.0 Å². The SMILES string of the molecule is CCOc1ccc(CC[C@H]2CC[C@H](C#CC#N)CC2)cc1. The second-order valence-corrected chi connectivity index (χ2v) is 5.71. The number of aryl methyl sites for hydroxylation is 1. The van der Waals surface area contributed by atoms with Gasteiger partial charge < -0.3 is 4.74 Å². The Labute approximate surface area is 128 Å². The molecule has 0 amide bonds. The van der Waals surface area contributed by atoms with Crippen LogP contribution < -0.4 is 4.74 Å². The minimum absolute atomic E-state index is 0.450. The Bertz CT molecular complexity index is 521. The zero-order valence-electron chi connectivity index (χ0n) is 12.8. The zero-order chi connectivity index (χ0) is 14.9. The largest absolute Gasteiger partial charge is 0.494 e. The minimum atomic E-state index is 0.450. The summed E-state index contributed by atoms with van der Waals surface area (Å²) in [5.41, 5.74) is 1.39. The maximum absolute atomic E-state index is 8.48. The number of nitriles is 1. The number of rotatable bonds is 5. The molecule has 1 fully saturated rings. The highest BCUT2D eigenvalue weighted by Gasteiger charge is 2.19. The second-order valence-electron chi connectivity index (χ2n) is 5.71. The molecule has 0 saturated heterocycles. The van der Waals surface area contributed by atoms with Crippen molar-refractivity contribution < 1.29 is 4.74 Å². The highest BCUT2D eigenvalue weighted by Crippen LogP contribution is 2.31. The van der Waals surface area contributed by atoms with Crippen molar-refractivity contribution in [2.45, 2.75) is 45.4 Å². The van der Waals surface area contributed by atoms with Crippen LogP contribution in [-0.4, -0.2) is 6.61 Å². The van der Waals surface area contributed by atoms with E-state index in [1.54, 1.807) is 0 Å². The molecule has 0 radical (unpaired) electrons. The van der Waals surface area contributed by atoms with Gasteiger partial charge in [-0.2, -0.15) is 5.26 Å². The van der Waals surface area contributed by atoms with Crippen LogP contribution in [-0.2, 0) is 6.42 Å². The van der Waals surface area contributed by atoms with Crippen LogP contribution in [0, 0.1) is 35.0 Å². The molecule has 0 heterocycles. The van der Waals surface area contributed by atoms with Gasteiger partial charge in [-0.05, 0) is 69.1 Å². The van der Waals surface area contributed by atoms with Crippen molar-refractivity contribution in [3.8, 4) is 23.7 Å². The summed E-state index contributed by atoms with van der Waals surface area (Å²) in [6, 6.07) is 10.4. The summed E-state index contributed by atoms with van der Waals surface area (Å²) in [6.07, 6.45) is 7.22. The van der Waals surface area contributed by atoms with Crippen LogP contribution in [0.5, 0.6) is 5.75 Å². The van der Waals surface area contributed by atoms with Crippen LogP contribution in [0.4, 0.5) is 0 Å². The molecule has 0 aromatic heterocycles. The summed E-state index contributed by atoms with van der Waals surface area (Å²) in [6.45, 7) is 2.72. The first kappa shape index (κ1) is 15.5. The van der Waals surface area contributed by atoms with Crippen LogP contribution in [0.15, 0.2) is 24.3 Å². The third-order valence-corrected chi connectivity index (χ3v) is 4.25. The van der Waals surface area contributed by atoms with Gasteiger partial charge in [-0.25, -0.2) is 0 Å². The summed E-state index contributed by atoms with van der Waals surface area (Å²) in [7, 11) is 0. The Morgan fingerprint density at radius 3 is 2.48 bits per heavy atom. The molecule has 1 aromatic carbocycles. The molecule has 0 bridgehead atoms. The zero-order valence-corrected chi connectivity index (χ0v) is 12.8. The lowest BCUT2D eigenvalue weighted by molar-refractivity contribution is 0.301. The fourth-order valence-corrected chi connectivity index (χ4v) is 3.02. The lowest BCUT2D eigenvalue weighted by Gasteiger charge is -2.25. The van der Waals surface area contributed by atoms with Crippen LogP contribution in [0.25, 0.3) is 0 Å². The van der Waals surface area contributed by atoms with E-state index in [0.29, 0.717) is 5.92 Å². The smallest absolute Gasteiger partial charge is 0.152 e. The van der Waals surface area contributed by atoms with Gasteiger partial charge in [0.25, 0.3) is 0 Å². The molecule has 21 heavy (non-hydrogen) atoms. The molecule has 0 N–H and O–H groups in total. The Kier molecular flexibility index (Phi) is 6.17. The van der Waals surface area contributed by atoms with Gasteiger partial charge in [0.2, 0.25) is 0 Å². The monoisotopic (exact) mass is 281 g/mol. The van der Waals surface area contributed by atoms with Gasteiger partial charge in [0.05, 0.1) is 6.61 Å². The molecular weight excluding hydrogens is 258 g/mol. The number of ether oxygens (including phenoxy) is 1. The third kappa shape index (κ3) is 5.16. The van der Waals surface area contributed by atoms with E-state index in [0.717, 1.165) is 37.5 Å². The predicted octanol–water partition coefficient (Wildman–Crippen LogP) is 4.35. The highest BCUT2D eigenvalue weighted by atomic mass is 16.5. The third-order valence-electron chi connectivity index (χ3n) is 4.25. The van der Waals surface area contributed by atoms with Gasteiger partial charge >= 0.3 is 0 Å². The van der Waals surface area contributed by atoms with Gasteiger partial charge in [-0.1, -0.05) is 18.1 Å². The number of hydrogen-bond donors (Lipinski definition) is 0. The highest BCUT2D eigenvalue weighted by molar-refractivity contribution is 5.27. The van der Waals surface area contributed by atoms with Crippen molar-refractivity contribution in [3.05, 3.63) is 29.8 Å². The first-order valence-electron chi connectivity index (χ1n) is 7.93. The molecule has 0 aliphatic heterocycles. The maximum Gasteiger partial charge on any atom is 0.152 e. The standard InChI is InChI=1S/C19H23NO/c1-2-21-19-13-11-18(12-14-19)10-9-17-7-5-16(6-8-17)4-3-15-20/h11-14,16-17H,2,5-10H2,1H3/t16-,17-. The number of hydrogen-bond acceptors (Lipinski definition) is 2. The molecule has 1 aliphatic carbocycles. The average Bonchev–Trinajstić information content (AvgIpc) is 2.53. The van der Waals surface area contributed by atoms with Gasteiger partial charge in [-0.3, -0.25) is 0 Å². The van der Waals surface area contributed by atoms with Crippen molar-refractivity contribution in [1.82, 2.24) is 0 Å². The van der Waals surface area contributed by atoms with Gasteiger partial charge in [-0.15, -0.1) is 0 Å². The van der Waals surface area contributed by atoms with Crippen molar-refractivity contribution in [1.29, 1.82) is 5.26 Å². The van der Waals surface area contributed by atoms with Crippen LogP contribution >= 0.6 is 0 Å². The molecule has 1 aromatic rings. The fourth-order valence-electron chi connectivity index (χ4n) is 3.02. The summed E-state index contributed by atoms with van der Waals surface area (Å²) < 4.78 is 5.46. The molecule has 0 unspecified atom stereocenters. The molecule has 1 saturated carbocycles. The maximum atomic E-state index is 8.48. The molecule has 2 heteroatoms. The lowest BCUT2D eigenvalue weighted by atomic mass is 9.80. The summed E-state index contributed by atoms with van der Waals surface area (Å²) in [4.78, 5) is 0.